The molecule has 0 bridgehead atoms. The zero-order valence-corrected chi connectivity index (χ0v) is 10.1. The van der Waals surface area contributed by atoms with Crippen LogP contribution in [0.25, 0.3) is 6.08 Å². The average molecular weight is 240 g/mol. The lowest BCUT2D eigenvalue weighted by molar-refractivity contribution is 0.104. The second-order valence-corrected chi connectivity index (χ2v) is 4.07. The molecule has 2 aromatic rings. The molecule has 0 aliphatic carbocycles. The van der Waals surface area contributed by atoms with Gasteiger partial charge in [-0.05, 0) is 30.2 Å². The van der Waals surface area contributed by atoms with Gasteiger partial charge in [-0.1, -0.05) is 48.5 Å². The Labute approximate surface area is 106 Å². The second-order valence-electron chi connectivity index (χ2n) is 4.07. The highest BCUT2D eigenvalue weighted by Crippen LogP contribution is 2.11. The first-order valence-electron chi connectivity index (χ1n) is 5.70. The minimum Gasteiger partial charge on any atom is -0.289 e. The van der Waals surface area contributed by atoms with E-state index in [0.29, 0.717) is 11.1 Å². The maximum Gasteiger partial charge on any atom is 0.185 e. The van der Waals surface area contributed by atoms with E-state index >= 15 is 0 Å². The lowest BCUT2D eigenvalue weighted by atomic mass is 10.1. The summed E-state index contributed by atoms with van der Waals surface area (Å²) in [4.78, 5) is 11.8. The SMILES string of the molecule is Cc1ccc(C(=O)/C=C/c2ccccc2)cc1F. The van der Waals surface area contributed by atoms with Gasteiger partial charge in [-0.2, -0.15) is 0 Å². The zero-order valence-electron chi connectivity index (χ0n) is 10.1. The van der Waals surface area contributed by atoms with Crippen molar-refractivity contribution in [3.8, 4) is 0 Å². The van der Waals surface area contributed by atoms with Crippen molar-refractivity contribution in [2.75, 3.05) is 0 Å². The van der Waals surface area contributed by atoms with E-state index in [-0.39, 0.29) is 11.6 Å². The highest BCUT2D eigenvalue weighted by atomic mass is 19.1. The molecule has 0 amide bonds. The van der Waals surface area contributed by atoms with Crippen LogP contribution in [0.3, 0.4) is 0 Å². The molecule has 0 spiro atoms. The lowest BCUT2D eigenvalue weighted by Gasteiger charge is -1.99. The van der Waals surface area contributed by atoms with Crippen molar-refractivity contribution in [1.29, 1.82) is 0 Å². The molecule has 0 N–H and O–H groups in total. The van der Waals surface area contributed by atoms with Gasteiger partial charge in [0.05, 0.1) is 0 Å². The van der Waals surface area contributed by atoms with Crippen LogP contribution in [-0.2, 0) is 0 Å². The summed E-state index contributed by atoms with van der Waals surface area (Å²) < 4.78 is 13.3. The molecule has 0 heterocycles. The molecule has 0 saturated heterocycles. The number of allylic oxidation sites excluding steroid dienone is 1. The van der Waals surface area contributed by atoms with E-state index in [9.17, 15) is 9.18 Å². The molecule has 0 atom stereocenters. The minimum absolute atomic E-state index is 0.197. The highest BCUT2D eigenvalue weighted by molar-refractivity contribution is 6.06. The third-order valence-corrected chi connectivity index (χ3v) is 2.68. The Morgan fingerprint density at radius 3 is 2.50 bits per heavy atom. The topological polar surface area (TPSA) is 17.1 Å². The Morgan fingerprint density at radius 2 is 1.83 bits per heavy atom. The number of carbonyl (C=O) groups excluding carboxylic acids is 1. The summed E-state index contributed by atoms with van der Waals surface area (Å²) in [5.74, 6) is -0.549. The molecule has 0 unspecified atom stereocenters. The van der Waals surface area contributed by atoms with Gasteiger partial charge >= 0.3 is 0 Å². The number of halogens is 1. The normalized spacial score (nSPS) is 10.8. The predicted molar refractivity (Wildman–Crippen MR) is 70.9 cm³/mol. The van der Waals surface area contributed by atoms with Crippen LogP contribution in [0.1, 0.15) is 21.5 Å². The van der Waals surface area contributed by atoms with Gasteiger partial charge in [0.25, 0.3) is 0 Å². The van der Waals surface area contributed by atoms with Gasteiger partial charge in [-0.25, -0.2) is 4.39 Å². The molecule has 0 fully saturated rings. The summed E-state index contributed by atoms with van der Waals surface area (Å²) in [6.45, 7) is 1.67. The number of ketones is 1. The fourth-order valence-electron chi connectivity index (χ4n) is 1.58. The summed E-state index contributed by atoms with van der Waals surface area (Å²) in [5.41, 5.74) is 1.85. The standard InChI is InChI=1S/C16H13FO/c1-12-7-9-14(11-15(12)17)16(18)10-8-13-5-3-2-4-6-13/h2-11H,1H3/b10-8+. The molecular formula is C16H13FO. The first-order chi connectivity index (χ1) is 8.66. The molecule has 1 nitrogen and oxygen atoms in total. The zero-order chi connectivity index (χ0) is 13.0. The Morgan fingerprint density at radius 1 is 1.11 bits per heavy atom. The third-order valence-electron chi connectivity index (χ3n) is 2.68. The van der Waals surface area contributed by atoms with Crippen molar-refractivity contribution in [3.05, 3.63) is 77.1 Å². The first kappa shape index (κ1) is 12.2. The average Bonchev–Trinajstić information content (AvgIpc) is 2.40. The summed E-state index contributed by atoms with van der Waals surface area (Å²) >= 11 is 0. The van der Waals surface area contributed by atoms with Gasteiger partial charge in [-0.3, -0.25) is 4.79 Å². The van der Waals surface area contributed by atoms with Gasteiger partial charge in [0.15, 0.2) is 5.78 Å². The fourth-order valence-corrected chi connectivity index (χ4v) is 1.58. The lowest BCUT2D eigenvalue weighted by Crippen LogP contribution is -1.96. The Bertz CT molecular complexity index is 585. The van der Waals surface area contributed by atoms with E-state index in [1.165, 1.54) is 12.1 Å². The number of hydrogen-bond acceptors (Lipinski definition) is 1. The molecule has 18 heavy (non-hydrogen) atoms. The van der Waals surface area contributed by atoms with Crippen molar-refractivity contribution < 1.29 is 9.18 Å². The second kappa shape index (κ2) is 5.41. The van der Waals surface area contributed by atoms with E-state index < -0.39 is 0 Å². The molecule has 90 valence electrons. The van der Waals surface area contributed by atoms with E-state index in [2.05, 4.69) is 0 Å². The molecule has 0 aliphatic rings. The molecule has 0 aliphatic heterocycles. The largest absolute Gasteiger partial charge is 0.289 e. The summed E-state index contributed by atoms with van der Waals surface area (Å²) in [5, 5.41) is 0. The third kappa shape index (κ3) is 2.92. The van der Waals surface area contributed by atoms with E-state index in [1.54, 1.807) is 25.1 Å². The van der Waals surface area contributed by atoms with Crippen LogP contribution >= 0.6 is 0 Å². The van der Waals surface area contributed by atoms with Crippen molar-refractivity contribution in [2.45, 2.75) is 6.92 Å². The van der Waals surface area contributed by atoms with E-state index in [1.807, 2.05) is 30.3 Å². The maximum absolute atomic E-state index is 13.3. The summed E-state index contributed by atoms with van der Waals surface area (Å²) in [6.07, 6.45) is 3.18. The molecule has 2 aromatic carbocycles. The monoisotopic (exact) mass is 240 g/mol. The summed E-state index contributed by atoms with van der Waals surface area (Å²) in [6, 6.07) is 14.0. The van der Waals surface area contributed by atoms with Crippen LogP contribution in [0.2, 0.25) is 0 Å². The number of aryl methyl sites for hydroxylation is 1. The van der Waals surface area contributed by atoms with Crippen LogP contribution in [0.4, 0.5) is 4.39 Å². The molecule has 0 aromatic heterocycles. The fraction of sp³-hybridized carbons (Fsp3) is 0.0625. The smallest absolute Gasteiger partial charge is 0.185 e. The van der Waals surface area contributed by atoms with E-state index in [4.69, 9.17) is 0 Å². The molecular weight excluding hydrogens is 227 g/mol. The van der Waals surface area contributed by atoms with Gasteiger partial charge < -0.3 is 0 Å². The van der Waals surface area contributed by atoms with Crippen molar-refractivity contribution >= 4 is 11.9 Å². The van der Waals surface area contributed by atoms with Gasteiger partial charge in [0, 0.05) is 5.56 Å². The molecule has 0 saturated carbocycles. The van der Waals surface area contributed by atoms with Crippen LogP contribution in [0.15, 0.2) is 54.6 Å². The van der Waals surface area contributed by atoms with E-state index in [0.717, 1.165) is 5.56 Å². The van der Waals surface area contributed by atoms with Gasteiger partial charge in [0.1, 0.15) is 5.82 Å². The summed E-state index contributed by atoms with van der Waals surface area (Å²) in [7, 11) is 0. The Hall–Kier alpha value is -2.22. The van der Waals surface area contributed by atoms with Crippen LogP contribution < -0.4 is 0 Å². The predicted octanol–water partition coefficient (Wildman–Crippen LogP) is 4.03. The van der Waals surface area contributed by atoms with Crippen molar-refractivity contribution in [3.63, 3.8) is 0 Å². The van der Waals surface area contributed by atoms with Crippen LogP contribution in [0, 0.1) is 12.7 Å². The highest BCUT2D eigenvalue weighted by Gasteiger charge is 2.04. The quantitative estimate of drug-likeness (QED) is 0.584. The van der Waals surface area contributed by atoms with Gasteiger partial charge in [-0.15, -0.1) is 0 Å². The first-order valence-corrected chi connectivity index (χ1v) is 5.70. The Balaban J connectivity index is 2.17. The molecule has 0 radical (unpaired) electrons. The van der Waals surface area contributed by atoms with Crippen molar-refractivity contribution in [1.82, 2.24) is 0 Å². The van der Waals surface area contributed by atoms with Crippen LogP contribution in [-0.4, -0.2) is 5.78 Å². The van der Waals surface area contributed by atoms with Gasteiger partial charge in [0.2, 0.25) is 0 Å². The van der Waals surface area contributed by atoms with Crippen molar-refractivity contribution in [2.24, 2.45) is 0 Å². The molecule has 2 heteroatoms. The molecule has 2 rings (SSSR count). The Kier molecular flexibility index (Phi) is 3.68. The van der Waals surface area contributed by atoms with Crippen LogP contribution in [0.5, 0.6) is 0 Å². The maximum atomic E-state index is 13.3. The minimum atomic E-state index is -0.353. The number of carbonyl (C=O) groups is 1. The number of hydrogen-bond donors (Lipinski definition) is 0. The number of benzene rings is 2. The number of rotatable bonds is 3.